The summed E-state index contributed by atoms with van der Waals surface area (Å²) in [4.78, 5) is 73.1. The van der Waals surface area contributed by atoms with Crippen LogP contribution in [-0.4, -0.2) is 96.7 Å². The van der Waals surface area contributed by atoms with Crippen molar-refractivity contribution in [2.45, 2.75) is 484 Å². The SMILES string of the molecule is CCCCCCCCCCCCCCCCCCCCCCCCC(=O)O[C@H](COC(=O)CCCCCCCCCCCCCCCCCCCCC(C)C)COP(=O)(O)OC[C@@H](O)COP(=O)(O)OC[C@@H](COC(=O)CCCCCCCCC)OC(=O)CCCCCCCCCCCCCCCC(C)C. The fourth-order valence-corrected chi connectivity index (χ4v) is 15.2. The van der Waals surface area contributed by atoms with Crippen molar-refractivity contribution in [3.05, 3.63) is 0 Å². The lowest BCUT2D eigenvalue weighted by Crippen LogP contribution is -2.30. The zero-order chi connectivity index (χ0) is 77.8. The Balaban J connectivity index is 5.15. The minimum absolute atomic E-state index is 0.107. The summed E-state index contributed by atoms with van der Waals surface area (Å²) in [5.74, 6) is -0.497. The normalized spacial score (nSPS) is 13.8. The Kier molecular flexibility index (Phi) is 76.9. The van der Waals surface area contributed by atoms with E-state index in [0.29, 0.717) is 25.7 Å². The Morgan fingerprint density at radius 3 is 0.642 bits per heavy atom. The van der Waals surface area contributed by atoms with E-state index in [9.17, 15) is 43.2 Å². The number of esters is 4. The average Bonchev–Trinajstić information content (AvgIpc) is 0.904. The first-order valence-corrected chi connectivity index (χ1v) is 48.0. The summed E-state index contributed by atoms with van der Waals surface area (Å²) in [7, 11) is -9.92. The summed E-state index contributed by atoms with van der Waals surface area (Å²) >= 11 is 0. The van der Waals surface area contributed by atoms with Gasteiger partial charge < -0.3 is 33.8 Å². The molecule has 0 aromatic carbocycles. The molecule has 0 aliphatic rings. The van der Waals surface area contributed by atoms with Crippen LogP contribution in [0.2, 0.25) is 0 Å². The van der Waals surface area contributed by atoms with Gasteiger partial charge >= 0.3 is 39.5 Å². The highest BCUT2D eigenvalue weighted by Gasteiger charge is 2.30. The third-order valence-corrected chi connectivity index (χ3v) is 22.4. The van der Waals surface area contributed by atoms with Gasteiger partial charge in [-0.15, -0.1) is 0 Å². The Morgan fingerprint density at radius 1 is 0.255 bits per heavy atom. The van der Waals surface area contributed by atoms with Crippen LogP contribution in [0.3, 0.4) is 0 Å². The van der Waals surface area contributed by atoms with Crippen LogP contribution in [0.1, 0.15) is 465 Å². The largest absolute Gasteiger partial charge is 0.472 e. The van der Waals surface area contributed by atoms with Crippen molar-refractivity contribution >= 4 is 39.5 Å². The first-order chi connectivity index (χ1) is 51.4. The predicted molar refractivity (Wildman–Crippen MR) is 437 cm³/mol. The molecule has 0 rings (SSSR count). The molecule has 0 radical (unpaired) electrons. The number of phosphoric acid groups is 2. The second-order valence-corrected chi connectivity index (χ2v) is 35.1. The molecule has 0 heterocycles. The molecule has 0 saturated carbocycles. The number of carbonyl (C=O) groups excluding carboxylic acids is 4. The molecule has 0 fully saturated rings. The number of hydrogen-bond acceptors (Lipinski definition) is 15. The van der Waals surface area contributed by atoms with Crippen molar-refractivity contribution in [1.82, 2.24) is 0 Å². The lowest BCUT2D eigenvalue weighted by atomic mass is 10.0. The number of phosphoric ester groups is 2. The van der Waals surface area contributed by atoms with Crippen LogP contribution in [0.15, 0.2) is 0 Å². The van der Waals surface area contributed by atoms with Crippen molar-refractivity contribution in [2.24, 2.45) is 11.8 Å². The summed E-state index contributed by atoms with van der Waals surface area (Å²) in [6.45, 7) is 9.68. The van der Waals surface area contributed by atoms with E-state index in [2.05, 4.69) is 41.5 Å². The van der Waals surface area contributed by atoms with Gasteiger partial charge in [0.1, 0.15) is 19.3 Å². The maximum Gasteiger partial charge on any atom is 0.472 e. The zero-order valence-corrected chi connectivity index (χ0v) is 71.5. The van der Waals surface area contributed by atoms with Crippen molar-refractivity contribution in [3.8, 4) is 0 Å². The van der Waals surface area contributed by atoms with Crippen molar-refractivity contribution < 1.29 is 80.2 Å². The van der Waals surface area contributed by atoms with E-state index in [1.807, 2.05) is 0 Å². The predicted octanol–water partition coefficient (Wildman–Crippen LogP) is 26.6. The van der Waals surface area contributed by atoms with Crippen molar-refractivity contribution in [3.63, 3.8) is 0 Å². The summed E-state index contributed by atoms with van der Waals surface area (Å²) in [5.41, 5.74) is 0. The standard InChI is InChI=1S/C87H170O17P2/c1-7-9-11-13-15-16-17-18-19-20-21-22-23-24-29-32-37-42-47-53-59-65-71-87(92)104-83(76-98-85(90)70-64-58-52-46-41-36-31-28-26-25-27-30-34-39-44-50-55-61-67-79(3)4)78-102-106(95,96)100-74-81(88)73-99-105(93,94)101-77-82(75-97-84(89)69-63-57-49-14-12-10-8-2)103-86(91)72-66-60-54-48-43-38-33-35-40-45-51-56-62-68-80(5)6/h79-83,88H,7-78H2,1-6H3,(H,93,94)(H,95,96)/t81-,82+,83+/m0/s1. The van der Waals surface area contributed by atoms with Crippen LogP contribution >= 0.6 is 15.6 Å². The second kappa shape index (κ2) is 78.3. The molecule has 0 amide bonds. The Bertz CT molecular complexity index is 2030. The van der Waals surface area contributed by atoms with Gasteiger partial charge in [-0.1, -0.05) is 414 Å². The van der Waals surface area contributed by atoms with Gasteiger partial charge in [0, 0.05) is 25.7 Å². The van der Waals surface area contributed by atoms with E-state index in [-0.39, 0.29) is 25.7 Å². The number of carbonyl (C=O) groups is 4. The first-order valence-electron chi connectivity index (χ1n) is 45.0. The van der Waals surface area contributed by atoms with E-state index >= 15 is 0 Å². The van der Waals surface area contributed by atoms with Crippen molar-refractivity contribution in [2.75, 3.05) is 39.6 Å². The molecule has 3 N–H and O–H groups in total. The number of unbranched alkanes of at least 4 members (excludes halogenated alkanes) is 56. The monoisotopic (exact) mass is 1550 g/mol. The van der Waals surface area contributed by atoms with E-state index in [0.717, 1.165) is 115 Å². The average molecular weight is 1550 g/mol. The molecule has 2 unspecified atom stereocenters. The van der Waals surface area contributed by atoms with Gasteiger partial charge in [0.15, 0.2) is 12.2 Å². The quantitative estimate of drug-likeness (QED) is 0.0222. The van der Waals surface area contributed by atoms with Gasteiger partial charge in [0.25, 0.3) is 0 Å². The van der Waals surface area contributed by atoms with E-state index in [1.54, 1.807) is 0 Å². The maximum atomic E-state index is 13.1. The van der Waals surface area contributed by atoms with Crippen LogP contribution in [0.4, 0.5) is 0 Å². The van der Waals surface area contributed by atoms with Gasteiger partial charge in [0.2, 0.25) is 0 Å². The molecule has 5 atom stereocenters. The van der Waals surface area contributed by atoms with Crippen LogP contribution in [0.25, 0.3) is 0 Å². The molecule has 0 saturated heterocycles. The number of hydrogen-bond donors (Lipinski definition) is 3. The van der Waals surface area contributed by atoms with E-state index < -0.39 is 97.5 Å². The first kappa shape index (κ1) is 104. The molecule has 0 aromatic heterocycles. The Morgan fingerprint density at radius 2 is 0.434 bits per heavy atom. The summed E-state index contributed by atoms with van der Waals surface area (Å²) < 4.78 is 68.8. The topological polar surface area (TPSA) is 237 Å². The van der Waals surface area contributed by atoms with E-state index in [4.69, 9.17) is 37.0 Å². The third-order valence-electron chi connectivity index (χ3n) is 20.5. The van der Waals surface area contributed by atoms with Crippen molar-refractivity contribution in [1.29, 1.82) is 0 Å². The number of aliphatic hydroxyl groups is 1. The Labute approximate surface area is 651 Å². The van der Waals surface area contributed by atoms with Crippen LogP contribution in [-0.2, 0) is 65.4 Å². The molecule has 0 spiro atoms. The fraction of sp³-hybridized carbons (Fsp3) is 0.954. The molecule has 630 valence electrons. The van der Waals surface area contributed by atoms with Crippen LogP contribution in [0.5, 0.6) is 0 Å². The summed E-state index contributed by atoms with van der Waals surface area (Å²) in [6.07, 6.45) is 71.2. The molecule has 0 aromatic rings. The third kappa shape index (κ3) is 80.1. The minimum Gasteiger partial charge on any atom is -0.462 e. The lowest BCUT2D eigenvalue weighted by molar-refractivity contribution is -0.161. The minimum atomic E-state index is -4.97. The Hall–Kier alpha value is -1.94. The maximum absolute atomic E-state index is 13.1. The number of rotatable bonds is 86. The molecule has 106 heavy (non-hydrogen) atoms. The van der Waals surface area contributed by atoms with E-state index in [1.165, 1.54) is 270 Å². The highest BCUT2D eigenvalue weighted by atomic mass is 31.2. The fourth-order valence-electron chi connectivity index (χ4n) is 13.6. The summed E-state index contributed by atoms with van der Waals surface area (Å²) in [5, 5.41) is 10.7. The lowest BCUT2D eigenvalue weighted by Gasteiger charge is -2.21. The zero-order valence-electron chi connectivity index (χ0n) is 69.7. The number of aliphatic hydroxyl groups excluding tert-OH is 1. The molecule has 17 nitrogen and oxygen atoms in total. The van der Waals surface area contributed by atoms with Gasteiger partial charge in [-0.25, -0.2) is 9.13 Å². The van der Waals surface area contributed by atoms with Crippen LogP contribution < -0.4 is 0 Å². The smallest absolute Gasteiger partial charge is 0.462 e. The van der Waals surface area contributed by atoms with Gasteiger partial charge in [-0.05, 0) is 37.5 Å². The van der Waals surface area contributed by atoms with Gasteiger partial charge in [-0.2, -0.15) is 0 Å². The molecular weight excluding hydrogens is 1380 g/mol. The highest BCUT2D eigenvalue weighted by Crippen LogP contribution is 2.45. The van der Waals surface area contributed by atoms with Gasteiger partial charge in [0.05, 0.1) is 26.4 Å². The highest BCUT2D eigenvalue weighted by molar-refractivity contribution is 7.47. The number of ether oxygens (including phenoxy) is 4. The molecule has 0 aliphatic heterocycles. The van der Waals surface area contributed by atoms with Crippen LogP contribution in [0, 0.1) is 11.8 Å². The second-order valence-electron chi connectivity index (χ2n) is 32.2. The molecule has 0 bridgehead atoms. The van der Waals surface area contributed by atoms with Gasteiger partial charge in [-0.3, -0.25) is 37.3 Å². The molecule has 19 heteroatoms. The summed E-state index contributed by atoms with van der Waals surface area (Å²) in [6, 6.07) is 0. The molecule has 0 aliphatic carbocycles. The molecular formula is C87H170O17P2.